The first-order valence-corrected chi connectivity index (χ1v) is 7.91. The zero-order valence-corrected chi connectivity index (χ0v) is 13.8. The Bertz CT molecular complexity index is 891. The molecule has 0 bridgehead atoms. The van der Waals surface area contributed by atoms with Crippen LogP contribution in [0.2, 0.25) is 0 Å². The molecule has 0 aromatic carbocycles. The maximum Gasteiger partial charge on any atom is 0.417 e. The Morgan fingerprint density at radius 1 is 1.36 bits per heavy atom. The summed E-state index contributed by atoms with van der Waals surface area (Å²) >= 11 is 0. The fourth-order valence-electron chi connectivity index (χ4n) is 3.21. The number of halogens is 3. The van der Waals surface area contributed by atoms with E-state index in [2.05, 4.69) is 15.0 Å². The molecule has 1 fully saturated rings. The van der Waals surface area contributed by atoms with E-state index in [1.807, 2.05) is 0 Å². The average Bonchev–Trinajstić information content (AvgIpc) is 2.52. The van der Waals surface area contributed by atoms with E-state index >= 15 is 0 Å². The molecule has 1 unspecified atom stereocenters. The van der Waals surface area contributed by atoms with Crippen molar-refractivity contribution in [1.29, 1.82) is 0 Å². The molecule has 0 spiro atoms. The van der Waals surface area contributed by atoms with Crippen molar-refractivity contribution in [1.82, 2.24) is 19.9 Å². The Balaban J connectivity index is 2.17. The van der Waals surface area contributed by atoms with Gasteiger partial charge in [0, 0.05) is 31.6 Å². The van der Waals surface area contributed by atoms with E-state index in [1.165, 1.54) is 13.8 Å². The Hall–Kier alpha value is -2.45. The van der Waals surface area contributed by atoms with Gasteiger partial charge < -0.3 is 9.88 Å². The van der Waals surface area contributed by atoms with Gasteiger partial charge in [-0.15, -0.1) is 0 Å². The topological polar surface area (TPSA) is 79.0 Å². The maximum absolute atomic E-state index is 13.5. The number of fused-ring (bicyclic) bond motifs is 1. The first kappa shape index (κ1) is 17.4. The normalized spacial score (nSPS) is 18.6. The van der Waals surface area contributed by atoms with E-state index in [-0.39, 0.29) is 29.0 Å². The van der Waals surface area contributed by atoms with Gasteiger partial charge in [-0.3, -0.25) is 9.59 Å². The molecule has 2 aromatic heterocycles. The Morgan fingerprint density at radius 3 is 2.72 bits per heavy atom. The second-order valence-corrected chi connectivity index (χ2v) is 6.25. The number of aromatic amines is 1. The summed E-state index contributed by atoms with van der Waals surface area (Å²) < 4.78 is 40.4. The first-order chi connectivity index (χ1) is 11.7. The van der Waals surface area contributed by atoms with Crippen LogP contribution in [-0.2, 0) is 11.0 Å². The van der Waals surface area contributed by atoms with E-state index in [9.17, 15) is 22.8 Å². The lowest BCUT2D eigenvalue weighted by Gasteiger charge is -2.32. The molecule has 0 aliphatic carbocycles. The number of carbonyl (C=O) groups excluding carboxylic acids is 1. The highest BCUT2D eigenvalue weighted by Gasteiger charge is 2.36. The number of H-pyrrole nitrogens is 1. The fraction of sp³-hybridized carbons (Fsp3) is 0.500. The second kappa shape index (κ2) is 6.12. The number of piperidine rings is 1. The Morgan fingerprint density at radius 2 is 2.08 bits per heavy atom. The van der Waals surface area contributed by atoms with Gasteiger partial charge in [-0.05, 0) is 25.8 Å². The zero-order valence-electron chi connectivity index (χ0n) is 13.8. The lowest BCUT2D eigenvalue weighted by atomic mass is 9.93. The molecule has 1 atom stereocenters. The number of aromatic nitrogens is 3. The molecular weight excluding hydrogens is 337 g/mol. The predicted molar refractivity (Wildman–Crippen MR) is 84.1 cm³/mol. The minimum atomic E-state index is -4.70. The third-order valence-corrected chi connectivity index (χ3v) is 4.41. The lowest BCUT2D eigenvalue weighted by Crippen LogP contribution is -2.38. The van der Waals surface area contributed by atoms with Crippen LogP contribution in [0.4, 0.5) is 13.2 Å². The Labute approximate surface area is 141 Å². The number of carbonyl (C=O) groups is 1. The molecule has 0 saturated carbocycles. The number of aryl methyl sites for hydroxylation is 1. The van der Waals surface area contributed by atoms with Crippen molar-refractivity contribution in [3.8, 4) is 0 Å². The van der Waals surface area contributed by atoms with Crippen LogP contribution >= 0.6 is 0 Å². The molecule has 2 aromatic rings. The number of nitrogens with one attached hydrogen (secondary N) is 1. The molecule has 1 saturated heterocycles. The largest absolute Gasteiger partial charge is 0.417 e. The van der Waals surface area contributed by atoms with Crippen LogP contribution in [0.25, 0.3) is 11.0 Å². The smallest absolute Gasteiger partial charge is 0.342 e. The number of nitrogens with zero attached hydrogens (tertiary/aromatic N) is 3. The summed E-state index contributed by atoms with van der Waals surface area (Å²) in [6.45, 7) is 3.82. The quantitative estimate of drug-likeness (QED) is 0.853. The summed E-state index contributed by atoms with van der Waals surface area (Å²) in [4.78, 5) is 35.7. The predicted octanol–water partition coefficient (Wildman–Crippen LogP) is 2.37. The van der Waals surface area contributed by atoms with Crippen LogP contribution in [0.15, 0.2) is 10.9 Å². The number of alkyl halides is 3. The van der Waals surface area contributed by atoms with E-state index in [0.29, 0.717) is 25.9 Å². The summed E-state index contributed by atoms with van der Waals surface area (Å²) in [5.74, 6) is -0.235. The van der Waals surface area contributed by atoms with Crippen LogP contribution in [0.5, 0.6) is 0 Å². The third kappa shape index (κ3) is 3.35. The van der Waals surface area contributed by atoms with Crippen molar-refractivity contribution in [2.45, 2.75) is 38.8 Å². The van der Waals surface area contributed by atoms with Gasteiger partial charge in [0.05, 0.1) is 10.9 Å². The number of rotatable bonds is 1. The van der Waals surface area contributed by atoms with E-state index < -0.39 is 22.7 Å². The van der Waals surface area contributed by atoms with Crippen molar-refractivity contribution in [2.75, 3.05) is 13.1 Å². The van der Waals surface area contributed by atoms with Gasteiger partial charge in [0.15, 0.2) is 5.65 Å². The summed E-state index contributed by atoms with van der Waals surface area (Å²) in [6, 6.07) is 0.920. The molecule has 25 heavy (non-hydrogen) atoms. The Kier molecular flexibility index (Phi) is 4.26. The second-order valence-electron chi connectivity index (χ2n) is 6.25. The van der Waals surface area contributed by atoms with Gasteiger partial charge >= 0.3 is 6.18 Å². The SMILES string of the molecule is CC(=O)N1CCCC(c2cc(C(F)(F)F)c3c(=O)[nH]c(C)nc3n2)C1. The molecule has 6 nitrogen and oxygen atoms in total. The molecule has 1 aliphatic heterocycles. The number of amides is 1. The van der Waals surface area contributed by atoms with Crippen molar-refractivity contribution in [3.05, 3.63) is 33.5 Å². The van der Waals surface area contributed by atoms with Crippen molar-refractivity contribution in [3.63, 3.8) is 0 Å². The van der Waals surface area contributed by atoms with Crippen molar-refractivity contribution in [2.24, 2.45) is 0 Å². The highest BCUT2D eigenvalue weighted by Crippen LogP contribution is 2.35. The van der Waals surface area contributed by atoms with Gasteiger partial charge in [0.2, 0.25) is 5.91 Å². The van der Waals surface area contributed by atoms with Gasteiger partial charge in [0.1, 0.15) is 5.82 Å². The highest BCUT2D eigenvalue weighted by molar-refractivity contribution is 5.79. The van der Waals surface area contributed by atoms with Crippen LogP contribution < -0.4 is 5.56 Å². The number of pyridine rings is 1. The van der Waals surface area contributed by atoms with Crippen molar-refractivity contribution < 1.29 is 18.0 Å². The molecule has 0 radical (unpaired) electrons. The van der Waals surface area contributed by atoms with Crippen LogP contribution in [-0.4, -0.2) is 38.8 Å². The van der Waals surface area contributed by atoms with Gasteiger partial charge in [-0.1, -0.05) is 0 Å². The van der Waals surface area contributed by atoms with Crippen LogP contribution in [0, 0.1) is 6.92 Å². The number of likely N-dealkylation sites (tertiary alicyclic amines) is 1. The molecule has 3 heterocycles. The van der Waals surface area contributed by atoms with Crippen LogP contribution in [0.1, 0.15) is 42.8 Å². The molecule has 9 heteroatoms. The molecular formula is C16H17F3N4O2. The molecule has 1 N–H and O–H groups in total. The maximum atomic E-state index is 13.5. The molecule has 1 amide bonds. The fourth-order valence-corrected chi connectivity index (χ4v) is 3.21. The van der Waals surface area contributed by atoms with E-state index in [4.69, 9.17) is 0 Å². The van der Waals surface area contributed by atoms with E-state index in [0.717, 1.165) is 6.07 Å². The van der Waals surface area contributed by atoms with Gasteiger partial charge in [0.25, 0.3) is 5.56 Å². The van der Waals surface area contributed by atoms with Crippen molar-refractivity contribution >= 4 is 16.9 Å². The lowest BCUT2D eigenvalue weighted by molar-refractivity contribution is -0.136. The number of hydrogen-bond donors (Lipinski definition) is 1. The van der Waals surface area contributed by atoms with Crippen LogP contribution in [0.3, 0.4) is 0 Å². The summed E-state index contributed by atoms with van der Waals surface area (Å²) in [6.07, 6.45) is -3.39. The zero-order chi connectivity index (χ0) is 18.4. The molecule has 3 rings (SSSR count). The summed E-state index contributed by atoms with van der Waals surface area (Å²) in [7, 11) is 0. The molecule has 134 valence electrons. The third-order valence-electron chi connectivity index (χ3n) is 4.41. The summed E-state index contributed by atoms with van der Waals surface area (Å²) in [5.41, 5.74) is -1.90. The summed E-state index contributed by atoms with van der Waals surface area (Å²) in [5, 5.41) is -0.555. The van der Waals surface area contributed by atoms with Gasteiger partial charge in [-0.2, -0.15) is 13.2 Å². The highest BCUT2D eigenvalue weighted by atomic mass is 19.4. The first-order valence-electron chi connectivity index (χ1n) is 7.91. The van der Waals surface area contributed by atoms with Gasteiger partial charge in [-0.25, -0.2) is 9.97 Å². The minimum absolute atomic E-state index is 0.119. The molecule has 1 aliphatic rings. The number of hydrogen-bond acceptors (Lipinski definition) is 4. The average molecular weight is 354 g/mol. The monoisotopic (exact) mass is 354 g/mol. The minimum Gasteiger partial charge on any atom is -0.342 e. The standard InChI is InChI=1S/C16H17F3N4O2/c1-8-20-14-13(15(25)21-8)11(16(17,18)19)6-12(22-14)10-4-3-5-23(7-10)9(2)24/h6,10H,3-5,7H2,1-2H3,(H,20,21,22,25). The van der Waals surface area contributed by atoms with E-state index in [1.54, 1.807) is 4.90 Å².